The molecule has 0 bridgehead atoms. The molecule has 2 aromatic carbocycles. The zero-order valence-corrected chi connectivity index (χ0v) is 14.9. The third kappa shape index (κ3) is 3.20. The Morgan fingerprint density at radius 2 is 1.65 bits per heavy atom. The molecule has 0 spiro atoms. The standard InChI is InChI=1S/C21H21NO4/c1-4-7-13-10-15(21(24)26-6-3)12-17-16-11-14(20(23)25-5-2)8-9-18(16)22-19(13)17/h4,8-12,22H,1,5-7H2,2-3H3. The summed E-state index contributed by atoms with van der Waals surface area (Å²) in [5, 5.41) is 1.73. The van der Waals surface area contributed by atoms with E-state index in [0.717, 1.165) is 27.4 Å². The highest BCUT2D eigenvalue weighted by Gasteiger charge is 2.16. The first kappa shape index (κ1) is 17.7. The zero-order chi connectivity index (χ0) is 18.7. The van der Waals surface area contributed by atoms with Crippen molar-refractivity contribution in [2.75, 3.05) is 13.2 Å². The minimum Gasteiger partial charge on any atom is -0.462 e. The van der Waals surface area contributed by atoms with Gasteiger partial charge in [0.2, 0.25) is 0 Å². The molecule has 0 unspecified atom stereocenters. The number of aromatic amines is 1. The van der Waals surface area contributed by atoms with Gasteiger partial charge in [-0.15, -0.1) is 6.58 Å². The minimum absolute atomic E-state index is 0.314. The second kappa shape index (κ2) is 7.44. The summed E-state index contributed by atoms with van der Waals surface area (Å²) < 4.78 is 10.2. The number of hydrogen-bond acceptors (Lipinski definition) is 4. The molecule has 3 aromatic rings. The predicted molar refractivity (Wildman–Crippen MR) is 102 cm³/mol. The van der Waals surface area contributed by atoms with Crippen molar-refractivity contribution < 1.29 is 19.1 Å². The van der Waals surface area contributed by atoms with Crippen LogP contribution in [0.2, 0.25) is 0 Å². The lowest BCUT2D eigenvalue weighted by Crippen LogP contribution is -2.05. The van der Waals surface area contributed by atoms with E-state index in [1.54, 1.807) is 38.1 Å². The summed E-state index contributed by atoms with van der Waals surface area (Å²) in [6, 6.07) is 8.99. The van der Waals surface area contributed by atoms with Crippen LogP contribution in [0.5, 0.6) is 0 Å². The second-order valence-electron chi connectivity index (χ2n) is 5.88. The molecule has 3 rings (SSSR count). The van der Waals surface area contributed by atoms with Crippen molar-refractivity contribution in [1.82, 2.24) is 4.98 Å². The number of benzene rings is 2. The summed E-state index contributed by atoms with van der Waals surface area (Å²) in [6.07, 6.45) is 2.40. The number of fused-ring (bicyclic) bond motifs is 3. The maximum atomic E-state index is 12.2. The fourth-order valence-corrected chi connectivity index (χ4v) is 3.06. The molecule has 1 aromatic heterocycles. The number of aromatic nitrogens is 1. The highest BCUT2D eigenvalue weighted by atomic mass is 16.5. The summed E-state index contributed by atoms with van der Waals surface area (Å²) in [7, 11) is 0. The van der Waals surface area contributed by atoms with Crippen LogP contribution in [0.3, 0.4) is 0 Å². The topological polar surface area (TPSA) is 68.4 Å². The number of carbonyl (C=O) groups is 2. The van der Waals surface area contributed by atoms with E-state index < -0.39 is 0 Å². The fraction of sp³-hybridized carbons (Fsp3) is 0.238. The van der Waals surface area contributed by atoms with Gasteiger partial charge >= 0.3 is 11.9 Å². The van der Waals surface area contributed by atoms with Gasteiger partial charge in [-0.1, -0.05) is 6.08 Å². The van der Waals surface area contributed by atoms with Crippen LogP contribution in [0, 0.1) is 0 Å². The molecule has 1 heterocycles. The molecule has 134 valence electrons. The van der Waals surface area contributed by atoms with Gasteiger partial charge in [0.1, 0.15) is 0 Å². The molecular formula is C21H21NO4. The number of esters is 2. The molecule has 0 aliphatic heterocycles. The number of rotatable bonds is 6. The highest BCUT2D eigenvalue weighted by Crippen LogP contribution is 2.31. The van der Waals surface area contributed by atoms with Crippen LogP contribution in [-0.4, -0.2) is 30.1 Å². The molecule has 0 aliphatic carbocycles. The molecule has 5 heteroatoms. The average Bonchev–Trinajstić information content (AvgIpc) is 3.00. The van der Waals surface area contributed by atoms with E-state index in [9.17, 15) is 9.59 Å². The van der Waals surface area contributed by atoms with E-state index in [-0.39, 0.29) is 11.9 Å². The van der Waals surface area contributed by atoms with E-state index in [2.05, 4.69) is 11.6 Å². The Hall–Kier alpha value is -3.08. The SMILES string of the molecule is C=CCc1cc(C(=O)OCC)cc2c1[nH]c1ccc(C(=O)OCC)cc12. The monoisotopic (exact) mass is 351 g/mol. The van der Waals surface area contributed by atoms with Crippen LogP contribution < -0.4 is 0 Å². The van der Waals surface area contributed by atoms with Gasteiger partial charge in [-0.05, 0) is 56.2 Å². The summed E-state index contributed by atoms with van der Waals surface area (Å²) in [5.74, 6) is -0.729. The van der Waals surface area contributed by atoms with Gasteiger partial charge in [0.25, 0.3) is 0 Å². The normalized spacial score (nSPS) is 10.8. The smallest absolute Gasteiger partial charge is 0.338 e. The lowest BCUT2D eigenvalue weighted by Gasteiger charge is -2.06. The first-order chi connectivity index (χ1) is 12.6. The molecule has 26 heavy (non-hydrogen) atoms. The molecule has 0 radical (unpaired) electrons. The van der Waals surface area contributed by atoms with Crippen molar-refractivity contribution in [2.24, 2.45) is 0 Å². The molecule has 5 nitrogen and oxygen atoms in total. The number of H-pyrrole nitrogens is 1. The average molecular weight is 351 g/mol. The zero-order valence-electron chi connectivity index (χ0n) is 14.9. The lowest BCUT2D eigenvalue weighted by molar-refractivity contribution is 0.0517. The number of carbonyl (C=O) groups excluding carboxylic acids is 2. The Balaban J connectivity index is 2.24. The maximum absolute atomic E-state index is 12.2. The van der Waals surface area contributed by atoms with Crippen LogP contribution in [0.1, 0.15) is 40.1 Å². The lowest BCUT2D eigenvalue weighted by atomic mass is 10.0. The largest absolute Gasteiger partial charge is 0.462 e. The summed E-state index contributed by atoms with van der Waals surface area (Å²) >= 11 is 0. The molecule has 0 atom stereocenters. The number of ether oxygens (including phenoxy) is 2. The quantitative estimate of drug-likeness (QED) is 0.528. The van der Waals surface area contributed by atoms with Crippen LogP contribution in [0.4, 0.5) is 0 Å². The Morgan fingerprint density at radius 3 is 2.31 bits per heavy atom. The first-order valence-corrected chi connectivity index (χ1v) is 8.62. The van der Waals surface area contributed by atoms with Gasteiger partial charge in [-0.3, -0.25) is 0 Å². The van der Waals surface area contributed by atoms with Gasteiger partial charge in [0, 0.05) is 16.3 Å². The van der Waals surface area contributed by atoms with E-state index in [1.807, 2.05) is 12.1 Å². The number of nitrogens with one attached hydrogen (secondary N) is 1. The van der Waals surface area contributed by atoms with Crippen molar-refractivity contribution in [2.45, 2.75) is 20.3 Å². The van der Waals surface area contributed by atoms with Gasteiger partial charge in [-0.2, -0.15) is 0 Å². The Labute approximate surface area is 151 Å². The van der Waals surface area contributed by atoms with Crippen LogP contribution in [0.25, 0.3) is 21.8 Å². The molecule has 0 saturated carbocycles. The van der Waals surface area contributed by atoms with E-state index in [4.69, 9.17) is 9.47 Å². The molecule has 1 N–H and O–H groups in total. The third-order valence-electron chi connectivity index (χ3n) is 4.18. The van der Waals surface area contributed by atoms with Gasteiger partial charge < -0.3 is 14.5 Å². The molecule has 0 aliphatic rings. The van der Waals surface area contributed by atoms with Gasteiger partial charge in [0.15, 0.2) is 0 Å². The van der Waals surface area contributed by atoms with Crippen LogP contribution in [-0.2, 0) is 15.9 Å². The predicted octanol–water partition coefficient (Wildman–Crippen LogP) is 4.40. The van der Waals surface area contributed by atoms with Crippen molar-refractivity contribution >= 4 is 33.7 Å². The van der Waals surface area contributed by atoms with Crippen molar-refractivity contribution in [3.8, 4) is 0 Å². The number of allylic oxidation sites excluding steroid dienone is 1. The Kier molecular flexibility index (Phi) is 5.07. The third-order valence-corrected chi connectivity index (χ3v) is 4.18. The fourth-order valence-electron chi connectivity index (χ4n) is 3.06. The number of hydrogen-bond donors (Lipinski definition) is 1. The second-order valence-corrected chi connectivity index (χ2v) is 5.88. The maximum Gasteiger partial charge on any atom is 0.338 e. The minimum atomic E-state index is -0.365. The Bertz CT molecular complexity index is 1000. The van der Waals surface area contributed by atoms with Gasteiger partial charge in [0.05, 0.1) is 29.9 Å². The van der Waals surface area contributed by atoms with Crippen molar-refractivity contribution in [1.29, 1.82) is 0 Å². The molecule has 0 amide bonds. The summed E-state index contributed by atoms with van der Waals surface area (Å²) in [5.41, 5.74) is 3.73. The van der Waals surface area contributed by atoms with E-state index in [1.165, 1.54) is 0 Å². The molecular weight excluding hydrogens is 330 g/mol. The van der Waals surface area contributed by atoms with Crippen molar-refractivity contribution in [3.05, 3.63) is 59.7 Å². The Morgan fingerprint density at radius 1 is 1.00 bits per heavy atom. The van der Waals surface area contributed by atoms with Crippen molar-refractivity contribution in [3.63, 3.8) is 0 Å². The summed E-state index contributed by atoms with van der Waals surface area (Å²) in [6.45, 7) is 7.98. The van der Waals surface area contributed by atoms with Crippen LogP contribution >= 0.6 is 0 Å². The first-order valence-electron chi connectivity index (χ1n) is 8.62. The molecule has 0 saturated heterocycles. The van der Waals surface area contributed by atoms with E-state index >= 15 is 0 Å². The highest BCUT2D eigenvalue weighted by molar-refractivity contribution is 6.12. The van der Waals surface area contributed by atoms with E-state index in [0.29, 0.717) is 30.8 Å². The van der Waals surface area contributed by atoms with Gasteiger partial charge in [-0.25, -0.2) is 9.59 Å². The summed E-state index contributed by atoms with van der Waals surface area (Å²) in [4.78, 5) is 27.7. The molecule has 0 fully saturated rings. The van der Waals surface area contributed by atoms with Crippen LogP contribution in [0.15, 0.2) is 43.0 Å².